The highest BCUT2D eigenvalue weighted by Crippen LogP contribution is 2.34. The van der Waals surface area contributed by atoms with E-state index in [4.69, 9.17) is 15.2 Å². The van der Waals surface area contributed by atoms with Gasteiger partial charge in [-0.3, -0.25) is 4.79 Å². The molecule has 0 radical (unpaired) electrons. The molecule has 0 amide bonds. The van der Waals surface area contributed by atoms with Gasteiger partial charge < -0.3 is 15.2 Å². The molecular weight excluding hydrogens is 194 g/mol. The normalized spacial score (nSPS) is 9.40. The van der Waals surface area contributed by atoms with Crippen molar-refractivity contribution in [3.8, 4) is 11.5 Å². The zero-order valence-corrected chi connectivity index (χ0v) is 8.53. The molecule has 0 atom stereocenters. The fourth-order valence-corrected chi connectivity index (χ4v) is 1.16. The van der Waals surface area contributed by atoms with Crippen LogP contribution >= 0.6 is 0 Å². The summed E-state index contributed by atoms with van der Waals surface area (Å²) >= 11 is 0. The molecule has 0 aromatic heterocycles. The average Bonchev–Trinajstić information content (AvgIpc) is 2.26. The number of nitrogens with two attached hydrogens (primary N) is 1. The molecule has 0 unspecified atom stereocenters. The van der Waals surface area contributed by atoms with Crippen LogP contribution in [0.5, 0.6) is 11.5 Å². The first-order valence-electron chi connectivity index (χ1n) is 4.39. The lowest BCUT2D eigenvalue weighted by atomic mass is 10.2. The molecule has 0 saturated heterocycles. The highest BCUT2D eigenvalue weighted by molar-refractivity contribution is 5.80. The number of anilines is 1. The molecule has 80 valence electrons. The predicted molar refractivity (Wildman–Crippen MR) is 58.5 cm³/mol. The third-order valence-corrected chi connectivity index (χ3v) is 1.81. The van der Waals surface area contributed by atoms with Crippen molar-refractivity contribution in [1.29, 1.82) is 0 Å². The highest BCUT2D eigenvalue weighted by Gasteiger charge is 2.10. The Morgan fingerprint density at radius 3 is 2.80 bits per heavy atom. The topological polar surface area (TPSA) is 61.5 Å². The summed E-state index contributed by atoms with van der Waals surface area (Å²) in [6.07, 6.45) is 2.31. The van der Waals surface area contributed by atoms with E-state index in [0.29, 0.717) is 35.6 Å². The van der Waals surface area contributed by atoms with Gasteiger partial charge in [-0.05, 0) is 12.1 Å². The van der Waals surface area contributed by atoms with E-state index < -0.39 is 0 Å². The summed E-state index contributed by atoms with van der Waals surface area (Å²) in [6, 6.07) is 3.11. The Hall–Kier alpha value is -1.97. The van der Waals surface area contributed by atoms with Crippen molar-refractivity contribution in [2.24, 2.45) is 0 Å². The van der Waals surface area contributed by atoms with Crippen LogP contribution in [0.2, 0.25) is 0 Å². The maximum absolute atomic E-state index is 10.6. The van der Waals surface area contributed by atoms with Crippen molar-refractivity contribution < 1.29 is 14.3 Å². The van der Waals surface area contributed by atoms with E-state index in [1.807, 2.05) is 0 Å². The summed E-state index contributed by atoms with van der Waals surface area (Å²) in [5, 5.41) is 0. The van der Waals surface area contributed by atoms with Crippen molar-refractivity contribution in [1.82, 2.24) is 0 Å². The Morgan fingerprint density at radius 2 is 2.27 bits per heavy atom. The molecule has 2 N–H and O–H groups in total. The van der Waals surface area contributed by atoms with Gasteiger partial charge in [0.25, 0.3) is 0 Å². The Balaban J connectivity index is 3.11. The molecule has 0 fully saturated rings. The first kappa shape index (κ1) is 11.1. The lowest BCUT2D eigenvalue weighted by Crippen LogP contribution is -2.01. The summed E-state index contributed by atoms with van der Waals surface area (Å²) in [7, 11) is 1.49. The smallest absolute Gasteiger partial charge is 0.184 e. The predicted octanol–water partition coefficient (Wildman–Crippen LogP) is 1.65. The zero-order valence-electron chi connectivity index (χ0n) is 8.53. The van der Waals surface area contributed by atoms with E-state index in [9.17, 15) is 4.79 Å². The van der Waals surface area contributed by atoms with Gasteiger partial charge in [-0.25, -0.2) is 0 Å². The molecule has 15 heavy (non-hydrogen) atoms. The SMILES string of the molecule is C=CCOc1c(N)cc(C=O)cc1OC. The molecule has 0 aliphatic carbocycles. The van der Waals surface area contributed by atoms with Crippen LogP contribution < -0.4 is 15.2 Å². The zero-order chi connectivity index (χ0) is 11.3. The van der Waals surface area contributed by atoms with E-state index in [2.05, 4.69) is 6.58 Å². The van der Waals surface area contributed by atoms with Crippen LogP contribution in [0.4, 0.5) is 5.69 Å². The second-order valence-electron chi connectivity index (χ2n) is 2.86. The Labute approximate surface area is 88.3 Å². The first-order chi connectivity index (χ1) is 7.22. The lowest BCUT2D eigenvalue weighted by Gasteiger charge is -2.12. The van der Waals surface area contributed by atoms with Crippen molar-refractivity contribution in [2.75, 3.05) is 19.5 Å². The summed E-state index contributed by atoms with van der Waals surface area (Å²) in [5.41, 5.74) is 6.54. The Bertz CT molecular complexity index is 374. The van der Waals surface area contributed by atoms with Crippen molar-refractivity contribution >= 4 is 12.0 Å². The maximum atomic E-state index is 10.6. The monoisotopic (exact) mass is 207 g/mol. The molecule has 4 heteroatoms. The van der Waals surface area contributed by atoms with Crippen molar-refractivity contribution in [3.63, 3.8) is 0 Å². The van der Waals surface area contributed by atoms with Gasteiger partial charge in [0.05, 0.1) is 12.8 Å². The number of carbonyl (C=O) groups excluding carboxylic acids is 1. The molecule has 1 rings (SSSR count). The van der Waals surface area contributed by atoms with Gasteiger partial charge in [-0.2, -0.15) is 0 Å². The second-order valence-corrected chi connectivity index (χ2v) is 2.86. The molecule has 0 bridgehead atoms. The van der Waals surface area contributed by atoms with E-state index in [-0.39, 0.29) is 0 Å². The number of rotatable bonds is 5. The van der Waals surface area contributed by atoms with Crippen LogP contribution in [-0.4, -0.2) is 20.0 Å². The molecule has 0 spiro atoms. The minimum atomic E-state index is 0.334. The standard InChI is InChI=1S/C11H13NO3/c1-3-4-15-11-9(12)5-8(7-13)6-10(11)14-2/h3,5-7H,1,4,12H2,2H3. The van der Waals surface area contributed by atoms with Crippen LogP contribution in [0.1, 0.15) is 10.4 Å². The average molecular weight is 207 g/mol. The molecule has 0 aliphatic heterocycles. The lowest BCUT2D eigenvalue weighted by molar-refractivity contribution is 0.112. The summed E-state index contributed by atoms with van der Waals surface area (Å²) in [6.45, 7) is 3.87. The molecule has 1 aromatic rings. The fourth-order valence-electron chi connectivity index (χ4n) is 1.16. The third kappa shape index (κ3) is 2.49. The van der Waals surface area contributed by atoms with Crippen LogP contribution in [-0.2, 0) is 0 Å². The quantitative estimate of drug-likeness (QED) is 0.453. The van der Waals surface area contributed by atoms with Gasteiger partial charge in [0.2, 0.25) is 0 Å². The van der Waals surface area contributed by atoms with E-state index >= 15 is 0 Å². The Morgan fingerprint density at radius 1 is 1.53 bits per heavy atom. The van der Waals surface area contributed by atoms with Crippen LogP contribution in [0.3, 0.4) is 0 Å². The summed E-state index contributed by atoms with van der Waals surface area (Å²) < 4.78 is 10.4. The Kier molecular flexibility index (Phi) is 3.74. The van der Waals surface area contributed by atoms with Gasteiger partial charge >= 0.3 is 0 Å². The minimum Gasteiger partial charge on any atom is -0.493 e. The maximum Gasteiger partial charge on any atom is 0.184 e. The molecule has 0 saturated carbocycles. The number of methoxy groups -OCH3 is 1. The highest BCUT2D eigenvalue weighted by atomic mass is 16.5. The summed E-state index contributed by atoms with van der Waals surface area (Å²) in [5.74, 6) is 0.877. The molecule has 1 aromatic carbocycles. The van der Waals surface area contributed by atoms with Crippen LogP contribution in [0, 0.1) is 0 Å². The number of carbonyl (C=O) groups is 1. The van der Waals surface area contributed by atoms with Gasteiger partial charge in [0.15, 0.2) is 11.5 Å². The summed E-state index contributed by atoms with van der Waals surface area (Å²) in [4.78, 5) is 10.6. The first-order valence-corrected chi connectivity index (χ1v) is 4.39. The van der Waals surface area contributed by atoms with Crippen molar-refractivity contribution in [2.45, 2.75) is 0 Å². The van der Waals surface area contributed by atoms with Gasteiger partial charge in [-0.1, -0.05) is 12.7 Å². The van der Waals surface area contributed by atoms with Gasteiger partial charge in [-0.15, -0.1) is 0 Å². The number of hydrogen-bond acceptors (Lipinski definition) is 4. The molecule has 0 aliphatic rings. The molecular formula is C11H13NO3. The molecule has 4 nitrogen and oxygen atoms in total. The van der Waals surface area contributed by atoms with Gasteiger partial charge in [0, 0.05) is 5.56 Å². The van der Waals surface area contributed by atoms with Crippen LogP contribution in [0.15, 0.2) is 24.8 Å². The number of benzene rings is 1. The van der Waals surface area contributed by atoms with Gasteiger partial charge in [0.1, 0.15) is 12.9 Å². The number of hydrogen-bond donors (Lipinski definition) is 1. The third-order valence-electron chi connectivity index (χ3n) is 1.81. The van der Waals surface area contributed by atoms with E-state index in [1.165, 1.54) is 13.2 Å². The van der Waals surface area contributed by atoms with Crippen LogP contribution in [0.25, 0.3) is 0 Å². The largest absolute Gasteiger partial charge is 0.493 e. The molecule has 0 heterocycles. The number of nitrogen functional groups attached to an aromatic ring is 1. The minimum absolute atomic E-state index is 0.334. The number of aldehydes is 1. The number of ether oxygens (including phenoxy) is 2. The van der Waals surface area contributed by atoms with E-state index in [1.54, 1.807) is 12.1 Å². The second kappa shape index (κ2) is 5.05. The van der Waals surface area contributed by atoms with E-state index in [0.717, 1.165) is 0 Å². The van der Waals surface area contributed by atoms with Crippen molar-refractivity contribution in [3.05, 3.63) is 30.4 Å². The fraction of sp³-hybridized carbons (Fsp3) is 0.182.